The quantitative estimate of drug-likeness (QED) is 0.628. The largest absolute Gasteiger partial charge is 0.302 e. The average molecular weight is 184 g/mol. The Balaban J connectivity index is 2.44. The lowest BCUT2D eigenvalue weighted by atomic mass is 10.3. The Morgan fingerprint density at radius 1 is 1.46 bits per heavy atom. The van der Waals surface area contributed by atoms with Crippen molar-refractivity contribution in [2.45, 2.75) is 26.3 Å². The lowest BCUT2D eigenvalue weighted by molar-refractivity contribution is -0.118. The second kappa shape index (κ2) is 4.72. The summed E-state index contributed by atoms with van der Waals surface area (Å²) in [4.78, 5) is 15.6. The molecule has 1 fully saturated rings. The summed E-state index contributed by atoms with van der Waals surface area (Å²) in [6.45, 7) is 7.75. The molecule has 1 heterocycles. The van der Waals surface area contributed by atoms with Gasteiger partial charge in [-0.2, -0.15) is 0 Å². The zero-order valence-electron chi connectivity index (χ0n) is 8.92. The molecular formula is C10H20N2O. The maximum absolute atomic E-state index is 11.0. The van der Waals surface area contributed by atoms with Crippen molar-refractivity contribution in [2.24, 2.45) is 0 Å². The van der Waals surface area contributed by atoms with E-state index in [1.165, 1.54) is 6.42 Å². The van der Waals surface area contributed by atoms with Crippen LogP contribution < -0.4 is 0 Å². The molecule has 0 N–H and O–H groups in total. The van der Waals surface area contributed by atoms with Gasteiger partial charge in [0.1, 0.15) is 5.78 Å². The number of hydrogen-bond acceptors (Lipinski definition) is 3. The van der Waals surface area contributed by atoms with Gasteiger partial charge in [-0.25, -0.2) is 0 Å². The van der Waals surface area contributed by atoms with Crippen LogP contribution in [0.3, 0.4) is 0 Å². The van der Waals surface area contributed by atoms with Crippen molar-refractivity contribution in [1.82, 2.24) is 9.80 Å². The third-order valence-corrected chi connectivity index (χ3v) is 2.71. The topological polar surface area (TPSA) is 23.6 Å². The van der Waals surface area contributed by atoms with Gasteiger partial charge in [0.2, 0.25) is 0 Å². The van der Waals surface area contributed by atoms with Crippen LogP contribution in [0.5, 0.6) is 0 Å². The molecule has 1 aliphatic rings. The van der Waals surface area contributed by atoms with Crippen LogP contribution in [0.15, 0.2) is 0 Å². The molecule has 0 radical (unpaired) electrons. The van der Waals surface area contributed by atoms with Crippen molar-refractivity contribution in [3.8, 4) is 0 Å². The van der Waals surface area contributed by atoms with Crippen LogP contribution in [0, 0.1) is 0 Å². The lowest BCUT2D eigenvalue weighted by Crippen LogP contribution is -2.38. The average Bonchev–Trinajstić information content (AvgIpc) is 2.14. The SMILES string of the molecule is CC(=O)CN1CCCN(C)C(C)C1. The van der Waals surface area contributed by atoms with Crippen LogP contribution in [-0.2, 0) is 4.79 Å². The van der Waals surface area contributed by atoms with E-state index in [0.29, 0.717) is 12.6 Å². The van der Waals surface area contributed by atoms with Gasteiger partial charge in [0, 0.05) is 12.6 Å². The van der Waals surface area contributed by atoms with Crippen molar-refractivity contribution < 1.29 is 4.79 Å². The second-order valence-electron chi connectivity index (χ2n) is 4.12. The molecule has 0 amide bonds. The maximum atomic E-state index is 11.0. The minimum Gasteiger partial charge on any atom is -0.302 e. The summed E-state index contributed by atoms with van der Waals surface area (Å²) in [5, 5.41) is 0. The first-order chi connectivity index (χ1) is 6.09. The van der Waals surface area contributed by atoms with Crippen molar-refractivity contribution in [1.29, 1.82) is 0 Å². The van der Waals surface area contributed by atoms with Crippen molar-refractivity contribution in [2.75, 3.05) is 33.2 Å². The predicted molar refractivity (Wildman–Crippen MR) is 53.8 cm³/mol. The molecule has 0 aromatic heterocycles. The van der Waals surface area contributed by atoms with E-state index in [4.69, 9.17) is 0 Å². The second-order valence-corrected chi connectivity index (χ2v) is 4.12. The summed E-state index contributed by atoms with van der Waals surface area (Å²) >= 11 is 0. The highest BCUT2D eigenvalue weighted by atomic mass is 16.1. The standard InChI is InChI=1S/C10H20N2O/c1-9-7-12(8-10(2)13)6-4-5-11(9)3/h9H,4-8H2,1-3H3. The van der Waals surface area contributed by atoms with Crippen LogP contribution in [-0.4, -0.2) is 54.9 Å². The summed E-state index contributed by atoms with van der Waals surface area (Å²) in [5.74, 6) is 0.275. The highest BCUT2D eigenvalue weighted by molar-refractivity contribution is 5.77. The summed E-state index contributed by atoms with van der Waals surface area (Å²) in [7, 11) is 2.15. The molecule has 1 aliphatic heterocycles. The first kappa shape index (κ1) is 10.7. The van der Waals surface area contributed by atoms with Crippen molar-refractivity contribution in [3.63, 3.8) is 0 Å². The molecule has 0 aromatic carbocycles. The molecule has 0 spiro atoms. The summed E-state index contributed by atoms with van der Waals surface area (Å²) in [6.07, 6.45) is 1.17. The Kier molecular flexibility index (Phi) is 3.88. The molecule has 0 aromatic rings. The van der Waals surface area contributed by atoms with Crippen molar-refractivity contribution in [3.05, 3.63) is 0 Å². The Morgan fingerprint density at radius 3 is 2.77 bits per heavy atom. The maximum Gasteiger partial charge on any atom is 0.143 e. The van der Waals surface area contributed by atoms with Crippen LogP contribution in [0.4, 0.5) is 0 Å². The molecule has 76 valence electrons. The normalized spacial score (nSPS) is 27.2. The molecule has 1 rings (SSSR count). The first-order valence-electron chi connectivity index (χ1n) is 5.01. The van der Waals surface area contributed by atoms with Crippen LogP contribution >= 0.6 is 0 Å². The number of carbonyl (C=O) groups excluding carboxylic acids is 1. The number of rotatable bonds is 2. The van der Waals surface area contributed by atoms with E-state index in [2.05, 4.69) is 23.8 Å². The van der Waals surface area contributed by atoms with E-state index in [0.717, 1.165) is 19.6 Å². The van der Waals surface area contributed by atoms with Gasteiger partial charge in [-0.3, -0.25) is 9.69 Å². The third-order valence-electron chi connectivity index (χ3n) is 2.71. The van der Waals surface area contributed by atoms with Crippen molar-refractivity contribution >= 4 is 5.78 Å². The molecule has 1 atom stereocenters. The van der Waals surface area contributed by atoms with Crippen LogP contribution in [0.2, 0.25) is 0 Å². The minimum atomic E-state index is 0.275. The fourth-order valence-electron chi connectivity index (χ4n) is 1.83. The van der Waals surface area contributed by atoms with E-state index < -0.39 is 0 Å². The Hall–Kier alpha value is -0.410. The highest BCUT2D eigenvalue weighted by Gasteiger charge is 2.18. The molecule has 13 heavy (non-hydrogen) atoms. The molecular weight excluding hydrogens is 164 g/mol. The van der Waals surface area contributed by atoms with E-state index in [9.17, 15) is 4.79 Å². The zero-order chi connectivity index (χ0) is 9.84. The van der Waals surface area contributed by atoms with Gasteiger partial charge < -0.3 is 4.90 Å². The Labute approximate surface area is 80.7 Å². The van der Waals surface area contributed by atoms with Gasteiger partial charge in [-0.05, 0) is 40.4 Å². The number of nitrogens with zero attached hydrogens (tertiary/aromatic N) is 2. The molecule has 1 unspecified atom stereocenters. The predicted octanol–water partition coefficient (Wildman–Crippen LogP) is 0.601. The summed E-state index contributed by atoms with van der Waals surface area (Å²) in [5.41, 5.74) is 0. The minimum absolute atomic E-state index is 0.275. The first-order valence-corrected chi connectivity index (χ1v) is 5.01. The zero-order valence-corrected chi connectivity index (χ0v) is 8.92. The van der Waals surface area contributed by atoms with Gasteiger partial charge in [0.25, 0.3) is 0 Å². The van der Waals surface area contributed by atoms with Crippen LogP contribution in [0.1, 0.15) is 20.3 Å². The smallest absolute Gasteiger partial charge is 0.143 e. The van der Waals surface area contributed by atoms with Gasteiger partial charge in [0.15, 0.2) is 0 Å². The number of Topliss-reactive ketones (excluding diaryl/α,β-unsaturated/α-hetero) is 1. The van der Waals surface area contributed by atoms with E-state index >= 15 is 0 Å². The molecule has 3 nitrogen and oxygen atoms in total. The Morgan fingerprint density at radius 2 is 2.15 bits per heavy atom. The summed E-state index contributed by atoms with van der Waals surface area (Å²) < 4.78 is 0. The van der Waals surface area contributed by atoms with Gasteiger partial charge in [0.05, 0.1) is 6.54 Å². The van der Waals surface area contributed by atoms with Gasteiger partial charge in [-0.15, -0.1) is 0 Å². The van der Waals surface area contributed by atoms with E-state index in [1.807, 2.05) is 0 Å². The Bertz CT molecular complexity index is 182. The lowest BCUT2D eigenvalue weighted by Gasteiger charge is -2.24. The molecule has 0 aliphatic carbocycles. The van der Waals surface area contributed by atoms with E-state index in [-0.39, 0.29) is 5.78 Å². The molecule has 0 saturated carbocycles. The number of likely N-dealkylation sites (N-methyl/N-ethyl adjacent to an activating group) is 1. The molecule has 1 saturated heterocycles. The van der Waals surface area contributed by atoms with E-state index in [1.54, 1.807) is 6.92 Å². The molecule has 3 heteroatoms. The fraction of sp³-hybridized carbons (Fsp3) is 0.900. The summed E-state index contributed by atoms with van der Waals surface area (Å²) in [6, 6.07) is 0.571. The van der Waals surface area contributed by atoms with Gasteiger partial charge in [-0.1, -0.05) is 0 Å². The van der Waals surface area contributed by atoms with Crippen LogP contribution in [0.25, 0.3) is 0 Å². The molecule has 0 bridgehead atoms. The third kappa shape index (κ3) is 3.44. The highest BCUT2D eigenvalue weighted by Crippen LogP contribution is 2.06. The van der Waals surface area contributed by atoms with Gasteiger partial charge >= 0.3 is 0 Å². The fourth-order valence-corrected chi connectivity index (χ4v) is 1.83. The monoisotopic (exact) mass is 184 g/mol. The number of hydrogen-bond donors (Lipinski definition) is 0. The number of carbonyl (C=O) groups is 1. The number of ketones is 1.